The summed E-state index contributed by atoms with van der Waals surface area (Å²) in [5.74, 6) is 1.70. The summed E-state index contributed by atoms with van der Waals surface area (Å²) in [5, 5.41) is 3.94. The van der Waals surface area contributed by atoms with Crippen LogP contribution in [0.2, 0.25) is 0 Å². The number of anilines is 1. The Morgan fingerprint density at radius 2 is 2.18 bits per heavy atom. The van der Waals surface area contributed by atoms with Gasteiger partial charge < -0.3 is 10.3 Å². The van der Waals surface area contributed by atoms with Crippen molar-refractivity contribution in [1.29, 1.82) is 0 Å². The maximum absolute atomic E-state index is 5.92. The predicted octanol–water partition coefficient (Wildman–Crippen LogP) is 3.93. The fraction of sp³-hybridized carbons (Fsp3) is 0.250. The number of rotatable bonds is 3. The molecule has 2 rings (SSSR count). The first-order valence-electron chi connectivity index (χ1n) is 5.17. The molecule has 0 aliphatic carbocycles. The Bertz CT molecular complexity index is 520. The minimum absolute atomic E-state index is 0.796. The number of nitrogens with two attached hydrogens (primary N) is 1. The van der Waals surface area contributed by atoms with Gasteiger partial charge in [-0.25, -0.2) is 0 Å². The van der Waals surface area contributed by atoms with Gasteiger partial charge >= 0.3 is 0 Å². The Labute approximate surface area is 113 Å². The number of hydrogen-bond acceptors (Lipinski definition) is 4. The molecule has 0 aliphatic rings. The van der Waals surface area contributed by atoms with Crippen LogP contribution in [-0.4, -0.2) is 5.16 Å². The number of halogens is 1. The summed E-state index contributed by atoms with van der Waals surface area (Å²) in [5.41, 5.74) is 8.82. The molecule has 1 heterocycles. The van der Waals surface area contributed by atoms with E-state index in [-0.39, 0.29) is 0 Å². The van der Waals surface area contributed by atoms with Crippen LogP contribution in [0.3, 0.4) is 0 Å². The van der Waals surface area contributed by atoms with Crippen LogP contribution in [0.1, 0.15) is 17.0 Å². The molecule has 0 fully saturated rings. The summed E-state index contributed by atoms with van der Waals surface area (Å²) >= 11 is 5.14. The van der Waals surface area contributed by atoms with Gasteiger partial charge in [-0.15, -0.1) is 11.8 Å². The predicted molar refractivity (Wildman–Crippen MR) is 74.1 cm³/mol. The van der Waals surface area contributed by atoms with Crippen molar-refractivity contribution in [2.45, 2.75) is 24.5 Å². The fourth-order valence-corrected chi connectivity index (χ4v) is 3.16. The van der Waals surface area contributed by atoms with Crippen molar-refractivity contribution in [3.8, 4) is 0 Å². The number of benzene rings is 1. The fourth-order valence-electron chi connectivity index (χ4n) is 1.49. The second kappa shape index (κ2) is 5.14. The Morgan fingerprint density at radius 1 is 1.41 bits per heavy atom. The molecular weight excluding hydrogens is 300 g/mol. The van der Waals surface area contributed by atoms with E-state index in [9.17, 15) is 0 Å². The van der Waals surface area contributed by atoms with E-state index in [4.69, 9.17) is 10.3 Å². The van der Waals surface area contributed by atoms with Crippen molar-refractivity contribution in [3.05, 3.63) is 39.7 Å². The van der Waals surface area contributed by atoms with E-state index in [1.54, 1.807) is 11.8 Å². The van der Waals surface area contributed by atoms with Crippen molar-refractivity contribution in [1.82, 2.24) is 5.16 Å². The van der Waals surface area contributed by atoms with Crippen LogP contribution >= 0.6 is 27.7 Å². The number of nitrogen functional groups attached to an aromatic ring is 1. The molecule has 0 unspecified atom stereocenters. The zero-order valence-electron chi connectivity index (χ0n) is 9.66. The van der Waals surface area contributed by atoms with Crippen molar-refractivity contribution in [2.24, 2.45) is 0 Å². The van der Waals surface area contributed by atoms with Gasteiger partial charge in [-0.3, -0.25) is 0 Å². The Morgan fingerprint density at radius 3 is 2.82 bits per heavy atom. The number of aryl methyl sites for hydroxylation is 2. The largest absolute Gasteiger partial charge is 0.398 e. The molecule has 0 bridgehead atoms. The quantitative estimate of drug-likeness (QED) is 0.689. The third kappa shape index (κ3) is 2.84. The molecule has 3 nitrogen and oxygen atoms in total. The standard InChI is InChI=1S/C12H13BrN2OS/c1-7-10(8(2)16-15-7)6-17-12-5-9(13)3-4-11(12)14/h3-5H,6,14H2,1-2H3. The molecule has 0 atom stereocenters. The van der Waals surface area contributed by atoms with E-state index in [1.807, 2.05) is 32.0 Å². The zero-order valence-corrected chi connectivity index (χ0v) is 12.1. The van der Waals surface area contributed by atoms with E-state index in [1.165, 1.54) is 0 Å². The highest BCUT2D eigenvalue weighted by Gasteiger charge is 2.10. The molecule has 2 N–H and O–H groups in total. The first-order chi connectivity index (χ1) is 8.08. The molecule has 1 aromatic heterocycles. The molecule has 0 saturated heterocycles. The van der Waals surface area contributed by atoms with Gasteiger partial charge in [-0.2, -0.15) is 0 Å². The Hall–Kier alpha value is -0.940. The molecule has 90 valence electrons. The molecule has 17 heavy (non-hydrogen) atoms. The smallest absolute Gasteiger partial charge is 0.137 e. The van der Waals surface area contributed by atoms with Gasteiger partial charge in [0.05, 0.1) is 5.69 Å². The van der Waals surface area contributed by atoms with Gasteiger partial charge in [0.1, 0.15) is 5.76 Å². The third-order valence-electron chi connectivity index (χ3n) is 2.53. The first-order valence-corrected chi connectivity index (χ1v) is 6.95. The minimum Gasteiger partial charge on any atom is -0.398 e. The molecule has 0 radical (unpaired) electrons. The average Bonchev–Trinajstić information content (AvgIpc) is 2.61. The lowest BCUT2D eigenvalue weighted by atomic mass is 10.2. The van der Waals surface area contributed by atoms with Gasteiger partial charge in [0.25, 0.3) is 0 Å². The van der Waals surface area contributed by atoms with Gasteiger partial charge in [0.15, 0.2) is 0 Å². The van der Waals surface area contributed by atoms with Crippen LogP contribution in [0, 0.1) is 13.8 Å². The maximum atomic E-state index is 5.92. The summed E-state index contributed by atoms with van der Waals surface area (Å²) in [7, 11) is 0. The van der Waals surface area contributed by atoms with Gasteiger partial charge in [-0.05, 0) is 32.0 Å². The van der Waals surface area contributed by atoms with Crippen LogP contribution in [0.25, 0.3) is 0 Å². The third-order valence-corrected chi connectivity index (χ3v) is 4.12. The highest BCUT2D eigenvalue weighted by Crippen LogP contribution is 2.32. The van der Waals surface area contributed by atoms with E-state index in [0.29, 0.717) is 0 Å². The zero-order chi connectivity index (χ0) is 12.4. The van der Waals surface area contributed by atoms with Gasteiger partial charge in [0, 0.05) is 26.4 Å². The molecule has 0 amide bonds. The van der Waals surface area contributed by atoms with E-state index in [0.717, 1.165) is 37.8 Å². The van der Waals surface area contributed by atoms with Crippen LogP contribution in [-0.2, 0) is 5.75 Å². The summed E-state index contributed by atoms with van der Waals surface area (Å²) in [6.07, 6.45) is 0. The lowest BCUT2D eigenvalue weighted by molar-refractivity contribution is 0.392. The van der Waals surface area contributed by atoms with Gasteiger partial charge in [0.2, 0.25) is 0 Å². The summed E-state index contributed by atoms with van der Waals surface area (Å²) in [4.78, 5) is 1.07. The molecule has 0 spiro atoms. The second-order valence-corrected chi connectivity index (χ2v) is 5.71. The second-order valence-electron chi connectivity index (χ2n) is 3.77. The summed E-state index contributed by atoms with van der Waals surface area (Å²) < 4.78 is 6.17. The monoisotopic (exact) mass is 312 g/mol. The SMILES string of the molecule is Cc1noc(C)c1CSc1cc(Br)ccc1N. The van der Waals surface area contributed by atoms with Crippen molar-refractivity contribution in [3.63, 3.8) is 0 Å². The molecule has 2 aromatic rings. The molecule has 1 aromatic carbocycles. The summed E-state index contributed by atoms with van der Waals surface area (Å²) in [6, 6.07) is 5.87. The number of nitrogens with zero attached hydrogens (tertiary/aromatic N) is 1. The summed E-state index contributed by atoms with van der Waals surface area (Å²) in [6.45, 7) is 3.89. The number of aromatic nitrogens is 1. The number of hydrogen-bond donors (Lipinski definition) is 1. The normalized spacial score (nSPS) is 10.8. The van der Waals surface area contributed by atoms with Crippen molar-refractivity contribution in [2.75, 3.05) is 5.73 Å². The maximum Gasteiger partial charge on any atom is 0.137 e. The highest BCUT2D eigenvalue weighted by molar-refractivity contribution is 9.10. The first kappa shape index (κ1) is 12.5. The van der Waals surface area contributed by atoms with Crippen molar-refractivity contribution < 1.29 is 4.52 Å². The van der Waals surface area contributed by atoms with Crippen LogP contribution in [0.5, 0.6) is 0 Å². The van der Waals surface area contributed by atoms with E-state index >= 15 is 0 Å². The van der Waals surface area contributed by atoms with Crippen LogP contribution in [0.4, 0.5) is 5.69 Å². The molecule has 0 saturated carbocycles. The van der Waals surface area contributed by atoms with Crippen LogP contribution in [0.15, 0.2) is 32.1 Å². The molecular formula is C12H13BrN2OS. The Kier molecular flexibility index (Phi) is 3.79. The lowest BCUT2D eigenvalue weighted by Crippen LogP contribution is -1.90. The van der Waals surface area contributed by atoms with Crippen molar-refractivity contribution >= 4 is 33.4 Å². The molecule has 0 aliphatic heterocycles. The topological polar surface area (TPSA) is 52.0 Å². The number of thioether (sulfide) groups is 1. The molecule has 5 heteroatoms. The highest BCUT2D eigenvalue weighted by atomic mass is 79.9. The van der Waals surface area contributed by atoms with E-state index in [2.05, 4.69) is 21.1 Å². The average molecular weight is 313 g/mol. The Balaban J connectivity index is 2.15. The van der Waals surface area contributed by atoms with Crippen LogP contribution < -0.4 is 5.73 Å². The minimum atomic E-state index is 0.796. The van der Waals surface area contributed by atoms with Gasteiger partial charge in [-0.1, -0.05) is 21.1 Å². The lowest BCUT2D eigenvalue weighted by Gasteiger charge is -2.05. The van der Waals surface area contributed by atoms with E-state index < -0.39 is 0 Å².